The fraction of sp³-hybridized carbons (Fsp3) is 0.250. The van der Waals surface area contributed by atoms with Crippen molar-refractivity contribution in [2.45, 2.75) is 32.9 Å². The molecule has 1 aliphatic rings. The summed E-state index contributed by atoms with van der Waals surface area (Å²) in [7, 11) is 1.69. The zero-order chi connectivity index (χ0) is 23.4. The first-order chi connectivity index (χ1) is 15.8. The topological polar surface area (TPSA) is 73.0 Å². The summed E-state index contributed by atoms with van der Waals surface area (Å²) in [5.41, 5.74) is 3.24. The van der Waals surface area contributed by atoms with Crippen molar-refractivity contribution in [2.24, 2.45) is 7.05 Å². The lowest BCUT2D eigenvalue weighted by Gasteiger charge is -2.28. The van der Waals surface area contributed by atoms with E-state index in [0.29, 0.717) is 27.8 Å². The van der Waals surface area contributed by atoms with Gasteiger partial charge in [-0.1, -0.05) is 23.7 Å². The normalized spacial score (nSPS) is 15.5. The zero-order valence-corrected chi connectivity index (χ0v) is 20.2. The first kappa shape index (κ1) is 21.6. The molecule has 0 aliphatic carbocycles. The maximum absolute atomic E-state index is 13.8. The standard InChI is InChI=1S/C24H22ClN5O2S/c1-13(2)29-20-18(27-21(29)22-26-9-10-33-22)24(32)30(17-11-14(3)23(31)28(4)12-17)19(20)15-5-7-16(25)8-6-15/h5-13,19H,1-4H3/t19-/m0/s1. The van der Waals surface area contributed by atoms with Gasteiger partial charge in [0.15, 0.2) is 16.5 Å². The third-order valence-electron chi connectivity index (χ3n) is 5.84. The number of aryl methyl sites for hydroxylation is 2. The van der Waals surface area contributed by atoms with Crippen molar-refractivity contribution in [1.29, 1.82) is 0 Å². The van der Waals surface area contributed by atoms with E-state index in [9.17, 15) is 9.59 Å². The van der Waals surface area contributed by atoms with Crippen molar-refractivity contribution in [3.05, 3.63) is 86.0 Å². The fourth-order valence-electron chi connectivity index (χ4n) is 4.43. The van der Waals surface area contributed by atoms with Crippen molar-refractivity contribution in [2.75, 3.05) is 4.90 Å². The molecule has 9 heteroatoms. The number of rotatable bonds is 4. The summed E-state index contributed by atoms with van der Waals surface area (Å²) in [4.78, 5) is 37.1. The molecule has 7 nitrogen and oxygen atoms in total. The van der Waals surface area contributed by atoms with E-state index in [1.165, 1.54) is 15.9 Å². The van der Waals surface area contributed by atoms with Crippen molar-refractivity contribution in [3.63, 3.8) is 0 Å². The van der Waals surface area contributed by atoms with Crippen molar-refractivity contribution in [1.82, 2.24) is 19.1 Å². The Morgan fingerprint density at radius 3 is 2.48 bits per heavy atom. The molecular weight excluding hydrogens is 458 g/mol. The molecule has 1 aromatic carbocycles. The highest BCUT2D eigenvalue weighted by Gasteiger charge is 2.45. The van der Waals surface area contributed by atoms with E-state index >= 15 is 0 Å². The first-order valence-corrected chi connectivity index (χ1v) is 11.8. The molecule has 0 radical (unpaired) electrons. The molecule has 0 unspecified atom stereocenters. The molecule has 0 saturated heterocycles. The smallest absolute Gasteiger partial charge is 0.279 e. The monoisotopic (exact) mass is 479 g/mol. The SMILES string of the molecule is Cc1cc(N2C(=O)c3nc(-c4nccs4)n(C(C)C)c3[C@@H]2c2ccc(Cl)cc2)cn(C)c1=O. The van der Waals surface area contributed by atoms with Gasteiger partial charge in [0, 0.05) is 41.4 Å². The van der Waals surface area contributed by atoms with Crippen LogP contribution < -0.4 is 10.5 Å². The maximum atomic E-state index is 13.8. The van der Waals surface area contributed by atoms with Crippen LogP contribution in [0.5, 0.6) is 0 Å². The second-order valence-corrected chi connectivity index (χ2v) is 9.73. The van der Waals surface area contributed by atoms with Crippen LogP contribution in [-0.4, -0.2) is 25.0 Å². The van der Waals surface area contributed by atoms with Gasteiger partial charge in [0.25, 0.3) is 11.5 Å². The molecule has 0 fully saturated rings. The van der Waals surface area contributed by atoms with Gasteiger partial charge in [-0.25, -0.2) is 9.97 Å². The summed E-state index contributed by atoms with van der Waals surface area (Å²) in [5, 5.41) is 3.29. The van der Waals surface area contributed by atoms with E-state index in [0.717, 1.165) is 16.3 Å². The highest BCUT2D eigenvalue weighted by molar-refractivity contribution is 7.13. The van der Waals surface area contributed by atoms with E-state index in [2.05, 4.69) is 23.4 Å². The highest BCUT2D eigenvalue weighted by atomic mass is 35.5. The first-order valence-electron chi connectivity index (χ1n) is 10.6. The molecule has 1 amide bonds. The summed E-state index contributed by atoms with van der Waals surface area (Å²) in [6, 6.07) is 8.88. The molecule has 1 aliphatic heterocycles. The number of carbonyl (C=O) groups is 1. The number of halogens is 1. The van der Waals surface area contributed by atoms with Gasteiger partial charge in [-0.2, -0.15) is 0 Å². The maximum Gasteiger partial charge on any atom is 0.279 e. The summed E-state index contributed by atoms with van der Waals surface area (Å²) in [6.07, 6.45) is 3.44. The van der Waals surface area contributed by atoms with E-state index in [1.807, 2.05) is 29.6 Å². The second-order valence-electron chi connectivity index (χ2n) is 8.40. The van der Waals surface area contributed by atoms with Crippen LogP contribution in [0.2, 0.25) is 5.02 Å². The number of carbonyl (C=O) groups excluding carboxylic acids is 1. The van der Waals surface area contributed by atoms with Crippen LogP contribution in [0.3, 0.4) is 0 Å². The van der Waals surface area contributed by atoms with Crippen molar-refractivity contribution >= 4 is 34.5 Å². The Morgan fingerprint density at radius 1 is 1.15 bits per heavy atom. The molecule has 5 rings (SSSR count). The van der Waals surface area contributed by atoms with Crippen LogP contribution in [0.1, 0.15) is 53.2 Å². The number of pyridine rings is 1. The molecule has 1 atom stereocenters. The van der Waals surface area contributed by atoms with Gasteiger partial charge in [0.1, 0.15) is 6.04 Å². The minimum absolute atomic E-state index is 0.0459. The Balaban J connectivity index is 1.79. The minimum Gasteiger partial charge on any atom is -0.321 e. The number of anilines is 1. The van der Waals surface area contributed by atoms with Gasteiger partial charge in [-0.05, 0) is 44.5 Å². The van der Waals surface area contributed by atoms with Gasteiger partial charge >= 0.3 is 0 Å². The molecule has 3 aromatic heterocycles. The number of hydrogen-bond donors (Lipinski definition) is 0. The predicted molar refractivity (Wildman–Crippen MR) is 130 cm³/mol. The number of benzene rings is 1. The Hall–Kier alpha value is -3.23. The number of fused-ring (bicyclic) bond motifs is 1. The molecule has 0 N–H and O–H groups in total. The third kappa shape index (κ3) is 3.41. The van der Waals surface area contributed by atoms with Gasteiger partial charge < -0.3 is 9.13 Å². The molecule has 0 saturated carbocycles. The van der Waals surface area contributed by atoms with Gasteiger partial charge in [-0.15, -0.1) is 11.3 Å². The number of thiazole rings is 1. The van der Waals surface area contributed by atoms with Crippen molar-refractivity contribution in [3.8, 4) is 10.8 Å². The summed E-state index contributed by atoms with van der Waals surface area (Å²) >= 11 is 7.66. The highest BCUT2D eigenvalue weighted by Crippen LogP contribution is 2.44. The van der Waals surface area contributed by atoms with Crippen LogP contribution in [0.4, 0.5) is 5.69 Å². The Labute approximate surface area is 199 Å². The Bertz CT molecular complexity index is 1390. The number of aromatic nitrogens is 4. The Kier molecular flexibility index (Phi) is 5.22. The van der Waals surface area contributed by atoms with E-state index in [4.69, 9.17) is 16.6 Å². The Morgan fingerprint density at radius 2 is 1.88 bits per heavy atom. The van der Waals surface area contributed by atoms with Crippen LogP contribution >= 0.6 is 22.9 Å². The summed E-state index contributed by atoms with van der Waals surface area (Å²) in [6.45, 7) is 5.90. The fourth-order valence-corrected chi connectivity index (χ4v) is 5.18. The molecule has 0 bridgehead atoms. The van der Waals surface area contributed by atoms with Crippen molar-refractivity contribution < 1.29 is 4.79 Å². The van der Waals surface area contributed by atoms with E-state index < -0.39 is 6.04 Å². The van der Waals surface area contributed by atoms with Crippen LogP contribution in [0.25, 0.3) is 10.8 Å². The van der Waals surface area contributed by atoms with Crippen LogP contribution in [-0.2, 0) is 7.05 Å². The average molecular weight is 480 g/mol. The summed E-state index contributed by atoms with van der Waals surface area (Å²) in [5.74, 6) is 0.480. The molecule has 33 heavy (non-hydrogen) atoms. The average Bonchev–Trinajstić information content (AvgIpc) is 3.48. The zero-order valence-electron chi connectivity index (χ0n) is 18.6. The van der Waals surface area contributed by atoms with Gasteiger partial charge in [-0.3, -0.25) is 14.5 Å². The molecular formula is C24H22ClN5O2S. The number of amides is 1. The molecule has 168 valence electrons. The van der Waals surface area contributed by atoms with E-state index in [1.54, 1.807) is 37.3 Å². The van der Waals surface area contributed by atoms with Crippen LogP contribution in [0, 0.1) is 6.92 Å². The lowest BCUT2D eigenvalue weighted by Crippen LogP contribution is -2.32. The lowest BCUT2D eigenvalue weighted by atomic mass is 10.0. The number of nitrogens with zero attached hydrogens (tertiary/aromatic N) is 5. The van der Waals surface area contributed by atoms with Gasteiger partial charge in [0.05, 0.1) is 11.4 Å². The molecule has 0 spiro atoms. The second kappa shape index (κ2) is 7.97. The quantitative estimate of drug-likeness (QED) is 0.413. The van der Waals surface area contributed by atoms with E-state index in [-0.39, 0.29) is 17.5 Å². The predicted octanol–water partition coefficient (Wildman–Crippen LogP) is 5.00. The lowest BCUT2D eigenvalue weighted by molar-refractivity contribution is 0.0989. The van der Waals surface area contributed by atoms with Crippen LogP contribution in [0.15, 0.2) is 52.9 Å². The molecule has 4 heterocycles. The molecule has 4 aromatic rings. The number of imidazole rings is 1. The largest absolute Gasteiger partial charge is 0.321 e. The minimum atomic E-state index is -0.426. The summed E-state index contributed by atoms with van der Waals surface area (Å²) < 4.78 is 3.60. The third-order valence-corrected chi connectivity index (χ3v) is 6.86. The number of hydrogen-bond acceptors (Lipinski definition) is 5. The van der Waals surface area contributed by atoms with Gasteiger partial charge in [0.2, 0.25) is 0 Å².